The maximum absolute atomic E-state index is 3.97. The van der Waals surface area contributed by atoms with Crippen molar-refractivity contribution in [3.05, 3.63) is 131 Å². The lowest BCUT2D eigenvalue weighted by Gasteiger charge is -2.38. The molecule has 0 heteroatoms. The molecule has 0 aromatic heterocycles. The average molecular weight is 892 g/mol. The molecule has 0 heterocycles. The number of rotatable bonds is 12. The Balaban J connectivity index is 0.000000147. The van der Waals surface area contributed by atoms with Gasteiger partial charge < -0.3 is 0 Å². The lowest BCUT2D eigenvalue weighted by molar-refractivity contribution is 0.156. The number of hydrogen-bond donors (Lipinski definition) is 0. The van der Waals surface area contributed by atoms with Crippen molar-refractivity contribution in [3.63, 3.8) is 0 Å². The van der Waals surface area contributed by atoms with E-state index >= 15 is 0 Å². The maximum atomic E-state index is 3.97. The Kier molecular flexibility index (Phi) is 20.7. The third kappa shape index (κ3) is 15.3. The van der Waals surface area contributed by atoms with Crippen LogP contribution in [0.2, 0.25) is 0 Å². The molecule has 0 atom stereocenters. The highest BCUT2D eigenvalue weighted by atomic mass is 14.4. The molecule has 66 heavy (non-hydrogen) atoms. The summed E-state index contributed by atoms with van der Waals surface area (Å²) in [7, 11) is 0. The third-order valence-electron chi connectivity index (χ3n) is 19.4. The number of aryl methyl sites for hydroxylation is 3. The van der Waals surface area contributed by atoms with Crippen LogP contribution in [-0.2, 0) is 0 Å². The number of allylic oxidation sites excluding steroid dienone is 2. The van der Waals surface area contributed by atoms with Crippen molar-refractivity contribution in [3.8, 4) is 0 Å². The molecule has 0 bridgehead atoms. The van der Waals surface area contributed by atoms with Gasteiger partial charge >= 0.3 is 0 Å². The minimum Gasteiger partial charge on any atom is -0.103 e. The van der Waals surface area contributed by atoms with E-state index in [2.05, 4.69) is 126 Å². The van der Waals surface area contributed by atoms with Gasteiger partial charge in [0.25, 0.3) is 0 Å². The van der Waals surface area contributed by atoms with Crippen LogP contribution in [0.15, 0.2) is 98.1 Å². The zero-order valence-corrected chi connectivity index (χ0v) is 43.2. The summed E-state index contributed by atoms with van der Waals surface area (Å²) < 4.78 is 0. The zero-order chi connectivity index (χ0) is 46.1. The first-order valence-corrected chi connectivity index (χ1v) is 28.7. The molecule has 6 aliphatic carbocycles. The Morgan fingerprint density at radius 3 is 0.909 bits per heavy atom. The van der Waals surface area contributed by atoms with Gasteiger partial charge in [-0.3, -0.25) is 0 Å². The molecule has 0 N–H and O–H groups in total. The summed E-state index contributed by atoms with van der Waals surface area (Å²) in [5, 5.41) is 0. The first-order chi connectivity index (χ1) is 32.3. The average Bonchev–Trinajstić information content (AvgIpc) is 3.37. The molecule has 0 unspecified atom stereocenters. The Morgan fingerprint density at radius 2 is 0.636 bits per heavy atom. The lowest BCUT2D eigenvalue weighted by Crippen LogP contribution is -2.25. The molecule has 6 saturated carbocycles. The van der Waals surface area contributed by atoms with Crippen LogP contribution < -0.4 is 0 Å². The lowest BCUT2D eigenvalue weighted by atomic mass is 9.68. The van der Waals surface area contributed by atoms with Crippen molar-refractivity contribution >= 4 is 0 Å². The first kappa shape index (κ1) is 51.0. The fourth-order valence-electron chi connectivity index (χ4n) is 14.8. The SMILES string of the molecule is C=CC1CCC(C2CCC(c3ccc(C)cc3)CC2)CC1.C=CCCC1CCC(C2CCC(c3ccc(C)cc3)CC2)CC1.CCCC1CCC(C2CCC(c3ccc(C)cc3)CC2)CC1. The largest absolute Gasteiger partial charge is 0.103 e. The van der Waals surface area contributed by atoms with Crippen molar-refractivity contribution in [1.82, 2.24) is 0 Å². The topological polar surface area (TPSA) is 0 Å². The van der Waals surface area contributed by atoms with Crippen LogP contribution in [0.3, 0.4) is 0 Å². The molecule has 0 radical (unpaired) electrons. The molecule has 3 aromatic rings. The molecular formula is C66H98. The van der Waals surface area contributed by atoms with Gasteiger partial charge in [-0.1, -0.05) is 147 Å². The Labute approximate surface area is 408 Å². The second kappa shape index (κ2) is 26.8. The standard InChI is InChI=1S/C23H34.C22H34.C21H30/c1-3-4-5-19-8-12-21(13-9-19)23-16-14-22(15-17-23)20-10-6-18(2)7-11-20;1-3-4-18-7-11-20(12-8-18)22-15-13-21(14-16-22)19-9-5-17(2)6-10-19;1-3-17-6-10-19(11-7-17)21-14-12-20(13-15-21)18-8-4-16(2)5-9-18/h3,6-7,10-11,19,21-23H,1,4-5,8-9,12-17H2,2H3;5-6,9-10,18,20-22H,3-4,7-8,11-16H2,1-2H3;3-5,8-9,17,19-21H,1,6-7,10-15H2,2H3. The highest BCUT2D eigenvalue weighted by Gasteiger charge is 2.33. The van der Waals surface area contributed by atoms with E-state index in [9.17, 15) is 0 Å². The molecule has 0 aliphatic heterocycles. The van der Waals surface area contributed by atoms with Crippen LogP contribution in [0, 0.1) is 74.0 Å². The summed E-state index contributed by atoms with van der Waals surface area (Å²) in [4.78, 5) is 0. The van der Waals surface area contributed by atoms with E-state index in [4.69, 9.17) is 0 Å². The van der Waals surface area contributed by atoms with E-state index in [1.54, 1.807) is 16.7 Å². The van der Waals surface area contributed by atoms with Gasteiger partial charge in [0.2, 0.25) is 0 Å². The molecule has 0 saturated heterocycles. The van der Waals surface area contributed by atoms with E-state index in [1.807, 2.05) is 0 Å². The maximum Gasteiger partial charge on any atom is -0.0162 e. The van der Waals surface area contributed by atoms with Gasteiger partial charge in [-0.15, -0.1) is 13.2 Å². The van der Waals surface area contributed by atoms with E-state index in [-0.39, 0.29) is 0 Å². The van der Waals surface area contributed by atoms with Crippen molar-refractivity contribution in [2.75, 3.05) is 0 Å². The van der Waals surface area contributed by atoms with E-state index in [1.165, 1.54) is 196 Å². The summed E-state index contributed by atoms with van der Waals surface area (Å²) in [6.07, 6.45) is 44.9. The number of hydrogen-bond acceptors (Lipinski definition) is 0. The predicted molar refractivity (Wildman–Crippen MR) is 289 cm³/mol. The quantitative estimate of drug-likeness (QED) is 0.159. The van der Waals surface area contributed by atoms with Gasteiger partial charge in [-0.05, 0) is 250 Å². The summed E-state index contributed by atoms with van der Waals surface area (Å²) in [5.74, 6) is 11.6. The van der Waals surface area contributed by atoms with Gasteiger partial charge in [0.15, 0.2) is 0 Å². The Morgan fingerprint density at radius 1 is 0.364 bits per heavy atom. The van der Waals surface area contributed by atoms with Crippen molar-refractivity contribution in [2.45, 2.75) is 225 Å². The predicted octanol–water partition coefficient (Wildman–Crippen LogP) is 20.2. The van der Waals surface area contributed by atoms with E-state index in [0.29, 0.717) is 0 Å². The van der Waals surface area contributed by atoms with Crippen LogP contribution in [0.5, 0.6) is 0 Å². The summed E-state index contributed by atoms with van der Waals surface area (Å²) in [5.41, 5.74) is 8.91. The van der Waals surface area contributed by atoms with Gasteiger partial charge in [-0.2, -0.15) is 0 Å². The fourth-order valence-corrected chi connectivity index (χ4v) is 14.8. The molecule has 0 nitrogen and oxygen atoms in total. The molecule has 6 fully saturated rings. The van der Waals surface area contributed by atoms with E-state index in [0.717, 1.165) is 71.0 Å². The van der Waals surface area contributed by atoms with Crippen molar-refractivity contribution in [2.24, 2.45) is 53.3 Å². The highest BCUT2D eigenvalue weighted by molar-refractivity contribution is 5.27. The molecule has 0 amide bonds. The summed E-state index contributed by atoms with van der Waals surface area (Å²) in [6, 6.07) is 27.9. The first-order valence-electron chi connectivity index (χ1n) is 28.7. The second-order valence-electron chi connectivity index (χ2n) is 23.7. The minimum atomic E-state index is 0.810. The van der Waals surface area contributed by atoms with Crippen LogP contribution in [0.25, 0.3) is 0 Å². The zero-order valence-electron chi connectivity index (χ0n) is 43.2. The Bertz CT molecular complexity index is 1760. The molecule has 6 aliphatic rings. The minimum absolute atomic E-state index is 0.810. The molecule has 9 rings (SSSR count). The van der Waals surface area contributed by atoms with Crippen molar-refractivity contribution in [1.29, 1.82) is 0 Å². The summed E-state index contributed by atoms with van der Waals surface area (Å²) >= 11 is 0. The number of benzene rings is 3. The van der Waals surface area contributed by atoms with Crippen molar-refractivity contribution < 1.29 is 0 Å². The van der Waals surface area contributed by atoms with Gasteiger partial charge in [0.05, 0.1) is 0 Å². The van der Waals surface area contributed by atoms with Crippen LogP contribution in [-0.4, -0.2) is 0 Å². The van der Waals surface area contributed by atoms with Crippen LogP contribution >= 0.6 is 0 Å². The van der Waals surface area contributed by atoms with E-state index < -0.39 is 0 Å². The second-order valence-corrected chi connectivity index (χ2v) is 23.7. The summed E-state index contributed by atoms with van der Waals surface area (Å²) in [6.45, 7) is 16.7. The van der Waals surface area contributed by atoms with Crippen LogP contribution in [0.4, 0.5) is 0 Å². The fraction of sp³-hybridized carbons (Fsp3) is 0.667. The molecule has 362 valence electrons. The third-order valence-corrected chi connectivity index (χ3v) is 19.4. The monoisotopic (exact) mass is 891 g/mol. The molecule has 0 spiro atoms. The van der Waals surface area contributed by atoms with Crippen LogP contribution in [0.1, 0.15) is 238 Å². The molecular weight excluding hydrogens is 793 g/mol. The Hall–Kier alpha value is -2.86. The normalized spacial score (nSPS) is 32.7. The smallest absolute Gasteiger partial charge is 0.0162 e. The van der Waals surface area contributed by atoms with Gasteiger partial charge in [0, 0.05) is 0 Å². The van der Waals surface area contributed by atoms with Gasteiger partial charge in [-0.25, -0.2) is 0 Å². The van der Waals surface area contributed by atoms with Gasteiger partial charge in [0.1, 0.15) is 0 Å². The molecule has 3 aromatic carbocycles. The highest BCUT2D eigenvalue weighted by Crippen LogP contribution is 2.47.